The Hall–Kier alpha value is -5.96. The summed E-state index contributed by atoms with van der Waals surface area (Å²) in [5.41, 5.74) is 7.52. The zero-order valence-electron chi connectivity index (χ0n) is 21.5. The fourth-order valence-electron chi connectivity index (χ4n) is 4.30. The highest BCUT2D eigenvalue weighted by atomic mass is 32.1. The summed E-state index contributed by atoms with van der Waals surface area (Å²) in [5, 5.41) is 23.1. The monoisotopic (exact) mass is 582 g/mol. The number of nitrogens with one attached hydrogen (secondary N) is 3. The van der Waals surface area contributed by atoms with Crippen LogP contribution in [0.2, 0.25) is 0 Å². The number of hydrazine groups is 1. The van der Waals surface area contributed by atoms with Crippen LogP contribution in [0.4, 0.5) is 17.1 Å². The van der Waals surface area contributed by atoms with Gasteiger partial charge in [-0.3, -0.25) is 40.4 Å². The van der Waals surface area contributed by atoms with Crippen molar-refractivity contribution in [2.45, 2.75) is 0 Å². The number of H-pyrrole nitrogens is 1. The number of azo groups is 1. The number of amides is 2. The van der Waals surface area contributed by atoms with Crippen LogP contribution in [0.3, 0.4) is 0 Å². The van der Waals surface area contributed by atoms with E-state index in [4.69, 9.17) is 4.74 Å². The topological polar surface area (TPSA) is 186 Å². The zero-order chi connectivity index (χ0) is 29.4. The van der Waals surface area contributed by atoms with Crippen LogP contribution in [0.5, 0.6) is 5.75 Å². The van der Waals surface area contributed by atoms with E-state index in [0.29, 0.717) is 22.1 Å². The molecule has 15 heteroatoms. The van der Waals surface area contributed by atoms with Crippen LogP contribution in [0.15, 0.2) is 87.1 Å². The van der Waals surface area contributed by atoms with Crippen LogP contribution >= 0.6 is 11.3 Å². The fourth-order valence-corrected chi connectivity index (χ4v) is 5.09. The molecule has 3 N–H and O–H groups in total. The molecule has 0 saturated heterocycles. The molecule has 1 aliphatic rings. The third-order valence-corrected chi connectivity index (χ3v) is 7.21. The van der Waals surface area contributed by atoms with Gasteiger partial charge in [0.2, 0.25) is 5.13 Å². The molecule has 0 saturated carbocycles. The summed E-state index contributed by atoms with van der Waals surface area (Å²) in [4.78, 5) is 53.6. The number of aromatic amines is 1. The predicted octanol–water partition coefficient (Wildman–Crippen LogP) is 5.06. The van der Waals surface area contributed by atoms with Crippen LogP contribution in [0, 0.1) is 10.1 Å². The number of rotatable bonds is 8. The van der Waals surface area contributed by atoms with Crippen LogP contribution < -0.4 is 21.1 Å². The average Bonchev–Trinajstić information content (AvgIpc) is 3.62. The lowest BCUT2D eigenvalue weighted by Crippen LogP contribution is -2.22. The number of hydrogen-bond donors (Lipinski definition) is 3. The summed E-state index contributed by atoms with van der Waals surface area (Å²) >= 11 is 1.23. The maximum absolute atomic E-state index is 13.7. The van der Waals surface area contributed by atoms with Crippen molar-refractivity contribution >= 4 is 40.2 Å². The van der Waals surface area contributed by atoms with Crippen LogP contribution in [0.25, 0.3) is 27.6 Å². The Labute approximate surface area is 239 Å². The Morgan fingerprint density at radius 3 is 2.36 bits per heavy atom. The maximum atomic E-state index is 13.7. The third kappa shape index (κ3) is 4.69. The number of methoxy groups -OCH3 is 1. The summed E-state index contributed by atoms with van der Waals surface area (Å²) in [6, 6.07) is 17.5. The maximum Gasteiger partial charge on any atom is 0.299 e. The molecule has 3 aromatic carbocycles. The summed E-state index contributed by atoms with van der Waals surface area (Å²) in [6.45, 7) is 0. The van der Waals surface area contributed by atoms with Crippen molar-refractivity contribution in [2.24, 2.45) is 10.2 Å². The van der Waals surface area contributed by atoms with Gasteiger partial charge < -0.3 is 4.74 Å². The van der Waals surface area contributed by atoms with Crippen molar-refractivity contribution in [3.63, 3.8) is 0 Å². The second kappa shape index (κ2) is 10.5. The van der Waals surface area contributed by atoms with Crippen molar-refractivity contribution in [1.82, 2.24) is 14.8 Å². The Morgan fingerprint density at radius 1 is 0.929 bits per heavy atom. The van der Waals surface area contributed by atoms with Gasteiger partial charge in [-0.2, -0.15) is 4.68 Å². The highest BCUT2D eigenvalue weighted by Gasteiger charge is 2.26. The van der Waals surface area contributed by atoms with Gasteiger partial charge in [0.05, 0.1) is 40.2 Å². The number of fused-ring (bicyclic) bond motifs is 1. The fraction of sp³-hybridized carbons (Fsp3) is 0.0370. The normalized spacial score (nSPS) is 12.2. The van der Waals surface area contributed by atoms with Crippen molar-refractivity contribution in [1.29, 1.82) is 0 Å². The first-order valence-electron chi connectivity index (χ1n) is 12.2. The first kappa shape index (κ1) is 26.3. The zero-order valence-corrected chi connectivity index (χ0v) is 22.3. The number of aromatic nitrogens is 3. The Morgan fingerprint density at radius 2 is 1.64 bits per heavy atom. The number of nitro benzene ring substituents is 1. The van der Waals surface area contributed by atoms with Gasteiger partial charge in [0.1, 0.15) is 11.4 Å². The van der Waals surface area contributed by atoms with E-state index >= 15 is 0 Å². The number of ether oxygens (including phenoxy) is 1. The van der Waals surface area contributed by atoms with E-state index in [2.05, 4.69) is 31.2 Å². The number of nitro groups is 1. The molecule has 3 heterocycles. The average molecular weight is 583 g/mol. The number of benzene rings is 3. The third-order valence-electron chi connectivity index (χ3n) is 6.39. The molecule has 42 heavy (non-hydrogen) atoms. The van der Waals surface area contributed by atoms with Crippen molar-refractivity contribution in [3.05, 3.63) is 104 Å². The molecule has 0 bridgehead atoms. The molecule has 6 rings (SSSR count). The van der Waals surface area contributed by atoms with Crippen LogP contribution in [-0.2, 0) is 0 Å². The number of thiazole rings is 1. The Bertz CT molecular complexity index is 1960. The first-order valence-corrected chi connectivity index (χ1v) is 13.1. The van der Waals surface area contributed by atoms with Crippen LogP contribution in [0.1, 0.15) is 20.7 Å². The molecule has 2 aromatic heterocycles. The molecule has 2 amide bonds. The second-order valence-electron chi connectivity index (χ2n) is 8.84. The smallest absolute Gasteiger partial charge is 0.299 e. The molecule has 0 fully saturated rings. The van der Waals surface area contributed by atoms with Gasteiger partial charge in [-0.05, 0) is 48.5 Å². The molecule has 0 unspecified atom stereocenters. The molecule has 208 valence electrons. The SMILES string of the molecule is COc1ccc(-c2csc(-n3[nH]c(-c4ccc([N+](=O)[O-])cc4)c(NNc4cccc5c4C(=O)N=NC5=O)c3=O)n2)cc1. The van der Waals surface area contributed by atoms with Gasteiger partial charge in [-0.15, -0.1) is 21.6 Å². The van der Waals surface area contributed by atoms with Crippen molar-refractivity contribution in [2.75, 3.05) is 18.0 Å². The number of non-ortho nitro benzene ring substituents is 1. The number of carbonyl (C=O) groups is 2. The molecule has 0 radical (unpaired) electrons. The number of hydrogen-bond acceptors (Lipinski definition) is 10. The van der Waals surface area contributed by atoms with Gasteiger partial charge in [-0.25, -0.2) is 4.98 Å². The molecule has 0 spiro atoms. The number of carbonyl (C=O) groups excluding carboxylic acids is 2. The standard InChI is InChI=1S/C27H18N8O6S/c1-41-17-11-7-14(8-12-17)20-13-42-27(28-20)34-26(38)23(22(33-34)15-5-9-16(10-6-15)35(39)40)30-29-19-4-2-3-18-21(19)25(37)32-31-24(18)36/h2-13,29-30,33H,1H3. The lowest BCUT2D eigenvalue weighted by Gasteiger charge is -2.15. The van der Waals surface area contributed by atoms with Crippen LogP contribution in [-0.4, -0.2) is 38.6 Å². The molecule has 0 aliphatic carbocycles. The van der Waals surface area contributed by atoms with E-state index in [-0.39, 0.29) is 33.9 Å². The molecule has 5 aromatic rings. The second-order valence-corrected chi connectivity index (χ2v) is 9.68. The number of anilines is 2. The number of nitrogens with zero attached hydrogens (tertiary/aromatic N) is 5. The van der Waals surface area contributed by atoms with Crippen molar-refractivity contribution < 1.29 is 19.2 Å². The van der Waals surface area contributed by atoms with Gasteiger partial charge in [0.15, 0.2) is 0 Å². The largest absolute Gasteiger partial charge is 0.497 e. The van der Waals surface area contributed by atoms with E-state index in [9.17, 15) is 24.5 Å². The summed E-state index contributed by atoms with van der Waals surface area (Å²) in [6.07, 6.45) is 0. The molecule has 1 aliphatic heterocycles. The van der Waals surface area contributed by atoms with E-state index in [1.807, 2.05) is 12.1 Å². The quantitative estimate of drug-likeness (QED) is 0.166. The van der Waals surface area contributed by atoms with Gasteiger partial charge in [-0.1, -0.05) is 6.07 Å². The summed E-state index contributed by atoms with van der Waals surface area (Å²) in [7, 11) is 1.58. The van der Waals surface area contributed by atoms with Gasteiger partial charge in [0, 0.05) is 28.6 Å². The van der Waals surface area contributed by atoms with E-state index in [1.54, 1.807) is 30.7 Å². The highest BCUT2D eigenvalue weighted by Crippen LogP contribution is 2.30. The van der Waals surface area contributed by atoms with E-state index in [0.717, 1.165) is 5.56 Å². The van der Waals surface area contributed by atoms with Gasteiger partial charge >= 0.3 is 0 Å². The predicted molar refractivity (Wildman–Crippen MR) is 153 cm³/mol. The molecular weight excluding hydrogens is 564 g/mol. The highest BCUT2D eigenvalue weighted by molar-refractivity contribution is 7.12. The van der Waals surface area contributed by atoms with E-state index in [1.165, 1.54) is 52.4 Å². The minimum absolute atomic E-state index is 0.00167. The Balaban J connectivity index is 1.40. The lowest BCUT2D eigenvalue weighted by molar-refractivity contribution is -0.384. The lowest BCUT2D eigenvalue weighted by atomic mass is 10.0. The minimum Gasteiger partial charge on any atom is -0.497 e. The van der Waals surface area contributed by atoms with E-state index < -0.39 is 22.3 Å². The first-order chi connectivity index (χ1) is 20.3. The molecular formula is C27H18N8O6S. The summed E-state index contributed by atoms with van der Waals surface area (Å²) in [5.74, 6) is -0.690. The molecule has 14 nitrogen and oxygen atoms in total. The Kier molecular flexibility index (Phi) is 6.60. The summed E-state index contributed by atoms with van der Waals surface area (Å²) < 4.78 is 6.44. The molecule has 0 atom stereocenters. The van der Waals surface area contributed by atoms with Crippen molar-refractivity contribution in [3.8, 4) is 33.4 Å². The van der Waals surface area contributed by atoms with Gasteiger partial charge in [0.25, 0.3) is 23.1 Å². The minimum atomic E-state index is -0.717.